The van der Waals surface area contributed by atoms with Crippen molar-refractivity contribution in [2.24, 2.45) is 0 Å². The van der Waals surface area contributed by atoms with Crippen LogP contribution in [0.4, 0.5) is 0 Å². The summed E-state index contributed by atoms with van der Waals surface area (Å²) in [5.74, 6) is 6.46. The molecule has 0 aliphatic carbocycles. The van der Waals surface area contributed by atoms with E-state index in [0.29, 0.717) is 0 Å². The number of rotatable bonds is 14. The Balaban J connectivity index is 0.000000188. The number of β-lactam (4-membered cyclic amide) rings is 2. The molecule has 2 fully saturated rings. The fourth-order valence-electron chi connectivity index (χ4n) is 7.79. The number of amides is 2. The smallest absolute Gasteiger partial charge is 0.384 e. The third-order valence-corrected chi connectivity index (χ3v) is 10.8. The second-order valence-electron chi connectivity index (χ2n) is 14.4. The molecule has 0 unspecified atom stereocenters. The Hall–Kier alpha value is -7.31. The molecule has 2 aliphatic heterocycles. The topological polar surface area (TPSA) is 127 Å². The Morgan fingerprint density at radius 1 is 0.532 bits per heavy atom. The lowest BCUT2D eigenvalue weighted by Crippen LogP contribution is -2.72. The standard InChI is InChI=1S/C27H24N2O4.C25H22N2O2/c1-32-23(30)18-11-19-33-26-24(25(31)28-26)29-27(20-12-5-2-6-13-20,21-14-7-3-8-15-21)22-16-9-4-10-17-22;1-2-18-29-24-22(23(28)26-24)27-25(19-12-6-3-7-13-19,20-14-8-4-9-15-20)21-16-10-5-11-17-21/h2-10,12-17,24,26,29H,19H2,1H3,(H,28,31);1,3-17,22,24,27H,18H2,(H,26,28)/t24-,26+;22-,24+/m11/s1. The van der Waals surface area contributed by atoms with E-state index in [4.69, 9.17) is 15.9 Å². The van der Waals surface area contributed by atoms with Gasteiger partial charge >= 0.3 is 5.97 Å². The van der Waals surface area contributed by atoms with Crippen LogP contribution in [0.2, 0.25) is 0 Å². The van der Waals surface area contributed by atoms with E-state index in [1.165, 1.54) is 7.11 Å². The van der Waals surface area contributed by atoms with Gasteiger partial charge in [-0.05, 0) is 33.4 Å². The van der Waals surface area contributed by atoms with Gasteiger partial charge in [-0.2, -0.15) is 0 Å². The van der Waals surface area contributed by atoms with Crippen molar-refractivity contribution >= 4 is 17.8 Å². The first-order valence-electron chi connectivity index (χ1n) is 20.1. The fourth-order valence-corrected chi connectivity index (χ4v) is 7.79. The van der Waals surface area contributed by atoms with E-state index in [2.05, 4.69) is 80.2 Å². The van der Waals surface area contributed by atoms with Gasteiger partial charge in [0.15, 0.2) is 12.5 Å². The number of ether oxygens (including phenoxy) is 3. The monoisotopic (exact) mass is 822 g/mol. The van der Waals surface area contributed by atoms with Gasteiger partial charge in [0, 0.05) is 5.92 Å². The van der Waals surface area contributed by atoms with Crippen LogP contribution in [-0.2, 0) is 39.7 Å². The minimum atomic E-state index is -0.800. The molecule has 0 aromatic heterocycles. The van der Waals surface area contributed by atoms with Gasteiger partial charge in [-0.15, -0.1) is 6.42 Å². The van der Waals surface area contributed by atoms with Crippen molar-refractivity contribution in [3.05, 3.63) is 215 Å². The van der Waals surface area contributed by atoms with Crippen LogP contribution in [0.25, 0.3) is 0 Å². The molecule has 62 heavy (non-hydrogen) atoms. The van der Waals surface area contributed by atoms with Gasteiger partial charge in [0.05, 0.1) is 18.2 Å². The molecule has 4 atom stereocenters. The fraction of sp³-hybridized carbons (Fsp3) is 0.173. The first-order chi connectivity index (χ1) is 30.4. The highest BCUT2D eigenvalue weighted by Gasteiger charge is 2.49. The average Bonchev–Trinajstić information content (AvgIpc) is 3.34. The summed E-state index contributed by atoms with van der Waals surface area (Å²) in [6.07, 6.45) is 4.25. The summed E-state index contributed by atoms with van der Waals surface area (Å²) in [4.78, 5) is 36.3. The predicted molar refractivity (Wildman–Crippen MR) is 237 cm³/mol. The summed E-state index contributed by atoms with van der Waals surface area (Å²) in [6.45, 7) is 0.116. The van der Waals surface area contributed by atoms with Crippen LogP contribution >= 0.6 is 0 Å². The number of methoxy groups -OCH3 is 1. The molecule has 0 saturated carbocycles. The summed E-state index contributed by atoms with van der Waals surface area (Å²) >= 11 is 0. The third-order valence-electron chi connectivity index (χ3n) is 10.8. The van der Waals surface area contributed by atoms with Gasteiger partial charge in [-0.25, -0.2) is 4.79 Å². The molecule has 0 bridgehead atoms. The zero-order chi connectivity index (χ0) is 43.2. The lowest BCUT2D eigenvalue weighted by atomic mass is 9.76. The maximum atomic E-state index is 12.6. The summed E-state index contributed by atoms with van der Waals surface area (Å²) < 4.78 is 15.9. The Labute approximate surface area is 362 Å². The molecule has 2 heterocycles. The van der Waals surface area contributed by atoms with Crippen molar-refractivity contribution < 1.29 is 28.6 Å². The van der Waals surface area contributed by atoms with Crippen molar-refractivity contribution in [1.29, 1.82) is 0 Å². The molecule has 6 aromatic rings. The molecule has 8 rings (SSSR count). The second kappa shape index (κ2) is 20.3. The average molecular weight is 823 g/mol. The van der Waals surface area contributed by atoms with Crippen molar-refractivity contribution in [1.82, 2.24) is 21.3 Å². The third kappa shape index (κ3) is 9.20. The Morgan fingerprint density at radius 3 is 1.08 bits per heavy atom. The zero-order valence-electron chi connectivity index (χ0n) is 34.1. The van der Waals surface area contributed by atoms with Crippen molar-refractivity contribution in [2.75, 3.05) is 20.3 Å². The highest BCUT2D eigenvalue weighted by molar-refractivity contribution is 5.90. The molecule has 10 nitrogen and oxygen atoms in total. The molecule has 2 amide bonds. The number of carbonyl (C=O) groups excluding carboxylic acids is 3. The molecular weight excluding hydrogens is 777 g/mol. The number of nitrogens with one attached hydrogen (secondary N) is 4. The Bertz CT molecular complexity index is 2310. The highest BCUT2D eigenvalue weighted by Crippen LogP contribution is 2.39. The number of hydrogen-bond acceptors (Lipinski definition) is 8. The molecular formula is C52H46N4O6. The lowest BCUT2D eigenvalue weighted by molar-refractivity contribution is -0.147. The number of carbonyl (C=O) groups is 3. The number of benzene rings is 6. The lowest BCUT2D eigenvalue weighted by Gasteiger charge is -2.45. The number of hydrogen-bond donors (Lipinski definition) is 4. The molecule has 10 heteroatoms. The quantitative estimate of drug-likeness (QED) is 0.0367. The summed E-state index contributed by atoms with van der Waals surface area (Å²) in [6, 6.07) is 59.3. The van der Waals surface area contributed by atoms with E-state index in [9.17, 15) is 14.4 Å². The minimum absolute atomic E-state index is 0.0206. The van der Waals surface area contributed by atoms with E-state index < -0.39 is 41.6 Å². The maximum absolute atomic E-state index is 12.6. The van der Waals surface area contributed by atoms with Crippen LogP contribution in [0.5, 0.6) is 0 Å². The van der Waals surface area contributed by atoms with E-state index in [1.54, 1.807) is 0 Å². The van der Waals surface area contributed by atoms with E-state index in [0.717, 1.165) is 33.4 Å². The van der Waals surface area contributed by atoms with Gasteiger partial charge < -0.3 is 24.8 Å². The summed E-state index contributed by atoms with van der Waals surface area (Å²) in [5, 5.41) is 12.8. The molecule has 4 N–H and O–H groups in total. The molecule has 6 aromatic carbocycles. The molecule has 0 radical (unpaired) electrons. The molecule has 2 saturated heterocycles. The predicted octanol–water partition coefficient (Wildman–Crippen LogP) is 5.63. The zero-order valence-corrected chi connectivity index (χ0v) is 34.1. The highest BCUT2D eigenvalue weighted by atomic mass is 16.5. The summed E-state index contributed by atoms with van der Waals surface area (Å²) in [7, 11) is 1.26. The largest absolute Gasteiger partial charge is 0.459 e. The van der Waals surface area contributed by atoms with Crippen LogP contribution in [0.1, 0.15) is 33.4 Å². The number of terminal acetylenes is 1. The van der Waals surface area contributed by atoms with Crippen LogP contribution in [0, 0.1) is 24.2 Å². The van der Waals surface area contributed by atoms with Crippen LogP contribution in [-0.4, -0.2) is 62.6 Å². The van der Waals surface area contributed by atoms with Gasteiger partial charge in [0.1, 0.15) is 25.3 Å². The van der Waals surface area contributed by atoms with Gasteiger partial charge in [-0.3, -0.25) is 20.2 Å². The first-order valence-corrected chi connectivity index (χ1v) is 20.1. The van der Waals surface area contributed by atoms with Crippen molar-refractivity contribution in [2.45, 2.75) is 35.6 Å². The van der Waals surface area contributed by atoms with Gasteiger partial charge in [0.25, 0.3) is 0 Å². The minimum Gasteiger partial charge on any atom is -0.459 e. The van der Waals surface area contributed by atoms with Crippen LogP contribution in [0.3, 0.4) is 0 Å². The van der Waals surface area contributed by atoms with E-state index >= 15 is 0 Å². The second-order valence-corrected chi connectivity index (χ2v) is 14.4. The normalized spacial score (nSPS) is 17.7. The van der Waals surface area contributed by atoms with Crippen LogP contribution in [0.15, 0.2) is 182 Å². The molecule has 2 aliphatic rings. The Kier molecular flexibility index (Phi) is 14.0. The van der Waals surface area contributed by atoms with Crippen molar-refractivity contribution in [3.8, 4) is 24.2 Å². The Morgan fingerprint density at radius 2 is 0.823 bits per heavy atom. The molecule has 0 spiro atoms. The first kappa shape index (κ1) is 42.8. The molecule has 310 valence electrons. The maximum Gasteiger partial charge on any atom is 0.384 e. The number of esters is 1. The SMILES string of the molecule is C#CCO[C@@H]1NC(=O)[C@H]1NC(c1ccccc1)(c1ccccc1)c1ccccc1.COC(=O)C#CCO[C@@H]1NC(=O)[C@H]1NC(c1ccccc1)(c1ccccc1)c1ccccc1. The van der Waals surface area contributed by atoms with Crippen LogP contribution < -0.4 is 21.3 Å². The van der Waals surface area contributed by atoms with Gasteiger partial charge in [0.2, 0.25) is 11.8 Å². The van der Waals surface area contributed by atoms with E-state index in [-0.39, 0.29) is 25.0 Å². The van der Waals surface area contributed by atoms with Gasteiger partial charge in [-0.1, -0.05) is 194 Å². The van der Waals surface area contributed by atoms with E-state index in [1.807, 2.05) is 146 Å². The summed E-state index contributed by atoms with van der Waals surface area (Å²) in [5.41, 5.74) is 4.55. The van der Waals surface area contributed by atoms with Crippen molar-refractivity contribution in [3.63, 3.8) is 0 Å².